The number of methoxy groups -OCH3 is 1. The van der Waals surface area contributed by atoms with Crippen LogP contribution >= 0.6 is 11.6 Å². The average molecular weight is 477 g/mol. The van der Waals surface area contributed by atoms with Crippen LogP contribution in [0.5, 0.6) is 5.75 Å². The lowest BCUT2D eigenvalue weighted by atomic mass is 10.2. The Hall–Kier alpha value is -2.79. The van der Waals surface area contributed by atoms with E-state index in [-0.39, 0.29) is 41.1 Å². The molecule has 2 aromatic heterocycles. The lowest BCUT2D eigenvalue weighted by Gasteiger charge is -2.16. The van der Waals surface area contributed by atoms with E-state index in [0.717, 1.165) is 16.1 Å². The largest absolute Gasteiger partial charge is 0.573 e. The van der Waals surface area contributed by atoms with Gasteiger partial charge in [0.25, 0.3) is 10.0 Å². The summed E-state index contributed by atoms with van der Waals surface area (Å²) in [6, 6.07) is 8.68. The maximum atomic E-state index is 13.4. The Labute approximate surface area is 180 Å². The van der Waals surface area contributed by atoms with Gasteiger partial charge in [0.05, 0.1) is 18.1 Å². The molecule has 2 heterocycles. The van der Waals surface area contributed by atoms with E-state index in [1.807, 2.05) is 0 Å². The van der Waals surface area contributed by atoms with Crippen molar-refractivity contribution in [1.29, 1.82) is 0 Å². The van der Waals surface area contributed by atoms with E-state index in [0.29, 0.717) is 0 Å². The number of ether oxygens (including phenoxy) is 2. The topological polar surface area (TPSA) is 87.5 Å². The average Bonchev–Trinajstić information content (AvgIpc) is 3.04. The van der Waals surface area contributed by atoms with Crippen LogP contribution in [-0.2, 0) is 26.0 Å². The third-order valence-corrected chi connectivity index (χ3v) is 6.30. The van der Waals surface area contributed by atoms with Crippen LogP contribution in [0.4, 0.5) is 13.2 Å². The van der Waals surface area contributed by atoms with E-state index >= 15 is 0 Å². The summed E-state index contributed by atoms with van der Waals surface area (Å²) in [6.45, 7) is 0. The third kappa shape index (κ3) is 5.10. The zero-order chi connectivity index (χ0) is 22.8. The Morgan fingerprint density at radius 3 is 2.58 bits per heavy atom. The van der Waals surface area contributed by atoms with Crippen molar-refractivity contribution in [2.75, 3.05) is 7.11 Å². The van der Waals surface area contributed by atoms with Gasteiger partial charge in [-0.1, -0.05) is 23.7 Å². The van der Waals surface area contributed by atoms with Gasteiger partial charge in [-0.15, -0.1) is 13.2 Å². The van der Waals surface area contributed by atoms with E-state index in [1.54, 1.807) is 0 Å². The molecule has 0 N–H and O–H groups in total. The number of benzene rings is 1. The highest BCUT2D eigenvalue weighted by Gasteiger charge is 2.35. The van der Waals surface area contributed by atoms with Crippen LogP contribution in [0.15, 0.2) is 47.4 Å². The summed E-state index contributed by atoms with van der Waals surface area (Å²) in [7, 11) is -3.30. The minimum Gasteiger partial charge on any atom is -0.469 e. The summed E-state index contributed by atoms with van der Waals surface area (Å²) in [6.07, 6.45) is -4.69. The summed E-state index contributed by atoms with van der Waals surface area (Å²) in [5.41, 5.74) is 0.577. The molecular formula is C19H16ClF3N2O5S. The Morgan fingerprint density at radius 2 is 1.90 bits per heavy atom. The number of aromatic nitrogens is 2. The molecule has 0 bridgehead atoms. The van der Waals surface area contributed by atoms with E-state index in [1.165, 1.54) is 37.4 Å². The Balaban J connectivity index is 2.14. The number of hydrogen-bond acceptors (Lipinski definition) is 6. The van der Waals surface area contributed by atoms with Gasteiger partial charge in [-0.2, -0.15) is 0 Å². The highest BCUT2D eigenvalue weighted by atomic mass is 35.5. The third-order valence-electron chi connectivity index (χ3n) is 4.29. The van der Waals surface area contributed by atoms with Crippen LogP contribution in [0, 0.1) is 0 Å². The van der Waals surface area contributed by atoms with Crippen molar-refractivity contribution in [1.82, 2.24) is 8.96 Å². The molecule has 31 heavy (non-hydrogen) atoms. The maximum Gasteiger partial charge on any atom is 0.573 e. The number of carbonyl (C=O) groups excluding carboxylic acids is 1. The molecular weight excluding hydrogens is 461 g/mol. The molecule has 0 spiro atoms. The van der Waals surface area contributed by atoms with Crippen LogP contribution in [-0.4, -0.2) is 36.8 Å². The molecule has 12 heteroatoms. The summed E-state index contributed by atoms with van der Waals surface area (Å²) < 4.78 is 74.7. The molecule has 166 valence electrons. The number of esters is 1. The van der Waals surface area contributed by atoms with Gasteiger partial charge in [0, 0.05) is 12.1 Å². The number of alkyl halides is 3. The van der Waals surface area contributed by atoms with Gasteiger partial charge in [0.15, 0.2) is 0 Å². The maximum absolute atomic E-state index is 13.4. The second-order valence-corrected chi connectivity index (χ2v) is 8.51. The van der Waals surface area contributed by atoms with Gasteiger partial charge in [-0.05, 0) is 43.2 Å². The molecule has 0 amide bonds. The van der Waals surface area contributed by atoms with Crippen molar-refractivity contribution in [3.05, 3.63) is 53.3 Å². The van der Waals surface area contributed by atoms with Crippen LogP contribution < -0.4 is 4.74 Å². The predicted molar refractivity (Wildman–Crippen MR) is 105 cm³/mol. The highest BCUT2D eigenvalue weighted by Crippen LogP contribution is 2.33. The molecule has 0 saturated carbocycles. The fourth-order valence-electron chi connectivity index (χ4n) is 3.04. The first-order chi connectivity index (χ1) is 14.5. The smallest absolute Gasteiger partial charge is 0.469 e. The van der Waals surface area contributed by atoms with Crippen LogP contribution in [0.1, 0.15) is 18.5 Å². The molecule has 0 fully saturated rings. The highest BCUT2D eigenvalue weighted by molar-refractivity contribution is 7.90. The molecule has 0 radical (unpaired) electrons. The lowest BCUT2D eigenvalue weighted by Crippen LogP contribution is -2.21. The normalized spacial score (nSPS) is 12.2. The zero-order valence-corrected chi connectivity index (χ0v) is 17.6. The van der Waals surface area contributed by atoms with Crippen molar-refractivity contribution in [3.8, 4) is 5.75 Å². The Kier molecular flexibility index (Phi) is 6.46. The lowest BCUT2D eigenvalue weighted by molar-refractivity contribution is -0.275. The van der Waals surface area contributed by atoms with E-state index in [4.69, 9.17) is 11.6 Å². The van der Waals surface area contributed by atoms with Gasteiger partial charge in [0.1, 0.15) is 15.8 Å². The van der Waals surface area contributed by atoms with E-state index < -0.39 is 33.0 Å². The van der Waals surface area contributed by atoms with Gasteiger partial charge in [0.2, 0.25) is 0 Å². The minimum atomic E-state index is -5.08. The number of hydrogen-bond donors (Lipinski definition) is 0. The minimum absolute atomic E-state index is 0.0278. The number of para-hydroxylation sites is 1. The van der Waals surface area contributed by atoms with Gasteiger partial charge in [-0.3, -0.25) is 4.79 Å². The summed E-state index contributed by atoms with van der Waals surface area (Å²) in [5, 5.41) is 0.115. The molecule has 3 rings (SSSR count). The van der Waals surface area contributed by atoms with Gasteiger partial charge >= 0.3 is 12.3 Å². The predicted octanol–water partition coefficient (Wildman–Crippen LogP) is 4.32. The standard InChI is InChI=1S/C19H16ClF3N2O5S/c1-29-18(26)8-4-5-12-11-13-14(9-10-17(20)24-13)25(12)31(27,28)16-7-3-2-6-15(16)30-19(21,22)23/h2-3,6-7,9-11H,4-5,8H2,1H3. The number of halogens is 4. The van der Waals surface area contributed by atoms with Crippen molar-refractivity contribution in [2.45, 2.75) is 30.5 Å². The van der Waals surface area contributed by atoms with Crippen molar-refractivity contribution in [2.24, 2.45) is 0 Å². The summed E-state index contributed by atoms with van der Waals surface area (Å²) >= 11 is 5.90. The Bertz CT molecular complexity index is 1220. The molecule has 1 aromatic carbocycles. The Morgan fingerprint density at radius 1 is 1.19 bits per heavy atom. The number of carbonyl (C=O) groups is 1. The monoisotopic (exact) mass is 476 g/mol. The number of pyridine rings is 1. The van der Waals surface area contributed by atoms with Crippen LogP contribution in [0.3, 0.4) is 0 Å². The van der Waals surface area contributed by atoms with Crippen molar-refractivity contribution >= 4 is 38.6 Å². The number of fused-ring (bicyclic) bond motifs is 1. The number of aryl methyl sites for hydroxylation is 1. The van der Waals surface area contributed by atoms with Crippen molar-refractivity contribution < 1.29 is 35.9 Å². The van der Waals surface area contributed by atoms with Crippen LogP contribution in [0.2, 0.25) is 5.15 Å². The SMILES string of the molecule is COC(=O)CCCc1cc2nc(Cl)ccc2n1S(=O)(=O)c1ccccc1OC(F)(F)F. The quantitative estimate of drug-likeness (QED) is 0.373. The molecule has 7 nitrogen and oxygen atoms in total. The summed E-state index contributed by atoms with van der Waals surface area (Å²) in [5.74, 6) is -1.34. The van der Waals surface area contributed by atoms with Crippen molar-refractivity contribution in [3.63, 3.8) is 0 Å². The van der Waals surface area contributed by atoms with Gasteiger partial charge < -0.3 is 9.47 Å². The molecule has 0 aliphatic rings. The molecule has 3 aromatic rings. The fraction of sp³-hybridized carbons (Fsp3) is 0.263. The number of rotatable bonds is 7. The molecule has 0 aliphatic heterocycles. The van der Waals surface area contributed by atoms with E-state index in [9.17, 15) is 26.4 Å². The second-order valence-electron chi connectivity index (χ2n) is 6.37. The zero-order valence-electron chi connectivity index (χ0n) is 16.0. The fourth-order valence-corrected chi connectivity index (χ4v) is 4.87. The second kappa shape index (κ2) is 8.75. The van der Waals surface area contributed by atoms with Crippen LogP contribution in [0.25, 0.3) is 11.0 Å². The first-order valence-electron chi connectivity index (χ1n) is 8.87. The summed E-state index contributed by atoms with van der Waals surface area (Å²) in [4.78, 5) is 14.8. The van der Waals surface area contributed by atoms with Gasteiger partial charge in [-0.25, -0.2) is 17.4 Å². The number of nitrogens with zero attached hydrogens (tertiary/aromatic N) is 2. The van der Waals surface area contributed by atoms with E-state index in [2.05, 4.69) is 14.5 Å². The first-order valence-corrected chi connectivity index (χ1v) is 10.7. The first kappa shape index (κ1) is 22.9. The molecule has 0 aliphatic carbocycles. The molecule has 0 unspecified atom stereocenters. The molecule has 0 atom stereocenters. The molecule has 0 saturated heterocycles.